The second-order valence-electron chi connectivity index (χ2n) is 6.08. The number of benzene rings is 2. The Morgan fingerprint density at radius 1 is 1.03 bits per heavy atom. The van der Waals surface area contributed by atoms with Gasteiger partial charge in [0.15, 0.2) is 5.78 Å². The summed E-state index contributed by atoms with van der Waals surface area (Å²) in [7, 11) is 0. The minimum atomic E-state index is -0.779. The average molecular weight is 482 g/mol. The van der Waals surface area contributed by atoms with Crippen molar-refractivity contribution in [3.63, 3.8) is 0 Å². The van der Waals surface area contributed by atoms with Gasteiger partial charge in [-0.1, -0.05) is 23.2 Å². The van der Waals surface area contributed by atoms with E-state index in [0.717, 1.165) is 24.3 Å². The molecule has 1 heterocycles. The number of imide groups is 1. The second kappa shape index (κ2) is 8.84. The molecule has 1 fully saturated rings. The fraction of sp³-hybridized carbons (Fsp3) is 0.0556. The number of Topliss-reactive ketones (excluding diaryl/α,β-unsaturated/α-hetero) is 1. The third-order valence-corrected chi connectivity index (χ3v) is 5.66. The molecule has 158 valence electrons. The molecule has 31 heavy (non-hydrogen) atoms. The Kier molecular flexibility index (Phi) is 6.39. The van der Waals surface area contributed by atoms with Gasteiger partial charge in [0.05, 0.1) is 21.3 Å². The Hall–Kier alpha value is -3.28. The molecular weight excluding hydrogens is 473 g/mol. The number of amides is 2. The zero-order chi connectivity index (χ0) is 22.9. The van der Waals surface area contributed by atoms with E-state index in [0.29, 0.717) is 16.7 Å². The highest BCUT2D eigenvalue weighted by Crippen LogP contribution is 2.36. The van der Waals surface area contributed by atoms with Crippen molar-refractivity contribution in [3.8, 4) is 0 Å². The molecule has 0 unspecified atom stereocenters. The highest BCUT2D eigenvalue weighted by molar-refractivity contribution is 8.18. The number of non-ortho nitro benzene ring substituents is 1. The van der Waals surface area contributed by atoms with Gasteiger partial charge in [0.2, 0.25) is 0 Å². The molecule has 2 aromatic rings. The van der Waals surface area contributed by atoms with Gasteiger partial charge in [0.25, 0.3) is 22.5 Å². The third kappa shape index (κ3) is 4.74. The molecule has 0 spiro atoms. The predicted octanol–water partition coefficient (Wildman–Crippen LogP) is 4.73. The molecule has 0 aromatic heterocycles. The normalized spacial score (nSPS) is 14.9. The lowest BCUT2D eigenvalue weighted by Gasteiger charge is -2.11. The predicted molar refractivity (Wildman–Crippen MR) is 113 cm³/mol. The molecule has 0 saturated carbocycles. The number of carbonyl (C=O) groups excluding carboxylic acids is 3. The van der Waals surface area contributed by atoms with Crippen LogP contribution in [0.1, 0.15) is 15.9 Å². The molecule has 2 amide bonds. The number of hydrogen-bond donors (Lipinski definition) is 0. The van der Waals surface area contributed by atoms with Crippen LogP contribution in [0.3, 0.4) is 0 Å². The molecule has 0 aliphatic carbocycles. The molecule has 1 aliphatic rings. The first-order valence-electron chi connectivity index (χ1n) is 8.25. The van der Waals surface area contributed by atoms with Crippen LogP contribution in [0.15, 0.2) is 41.3 Å². The monoisotopic (exact) mass is 481 g/mol. The summed E-state index contributed by atoms with van der Waals surface area (Å²) in [5.74, 6) is -1.38. The first kappa shape index (κ1) is 22.4. The van der Waals surface area contributed by atoms with Crippen LogP contribution in [0.25, 0.3) is 6.08 Å². The van der Waals surface area contributed by atoms with Crippen molar-refractivity contribution in [2.75, 3.05) is 6.54 Å². The summed E-state index contributed by atoms with van der Waals surface area (Å²) in [6.45, 7) is -0.575. The van der Waals surface area contributed by atoms with Gasteiger partial charge in [-0.15, -0.1) is 0 Å². The van der Waals surface area contributed by atoms with Gasteiger partial charge >= 0.3 is 0 Å². The van der Waals surface area contributed by atoms with E-state index >= 15 is 0 Å². The molecule has 1 aliphatic heterocycles. The summed E-state index contributed by atoms with van der Waals surface area (Å²) in [6.07, 6.45) is 1.20. The van der Waals surface area contributed by atoms with Crippen LogP contribution in [-0.2, 0) is 4.79 Å². The first-order valence-corrected chi connectivity index (χ1v) is 9.82. The maximum absolute atomic E-state index is 12.6. The fourth-order valence-corrected chi connectivity index (χ4v) is 3.92. The van der Waals surface area contributed by atoms with E-state index in [1.165, 1.54) is 18.2 Å². The van der Waals surface area contributed by atoms with Crippen LogP contribution in [0.2, 0.25) is 10.0 Å². The topological polar surface area (TPSA) is 141 Å². The highest BCUT2D eigenvalue weighted by Gasteiger charge is 2.36. The van der Waals surface area contributed by atoms with Crippen molar-refractivity contribution in [3.05, 3.63) is 82.7 Å². The lowest BCUT2D eigenvalue weighted by atomic mass is 10.1. The van der Waals surface area contributed by atoms with Crippen molar-refractivity contribution in [2.45, 2.75) is 0 Å². The van der Waals surface area contributed by atoms with E-state index in [4.69, 9.17) is 23.2 Å². The Balaban J connectivity index is 1.82. The minimum absolute atomic E-state index is 0.0318. The smallest absolute Gasteiger partial charge is 0.292 e. The van der Waals surface area contributed by atoms with E-state index in [-0.39, 0.29) is 31.8 Å². The number of nitro benzene ring substituents is 2. The van der Waals surface area contributed by atoms with Gasteiger partial charge in [0.1, 0.15) is 5.02 Å². The number of rotatable bonds is 6. The number of ketones is 1. The Morgan fingerprint density at radius 2 is 1.68 bits per heavy atom. The van der Waals surface area contributed by atoms with E-state index in [2.05, 4.69) is 0 Å². The van der Waals surface area contributed by atoms with Crippen molar-refractivity contribution in [1.82, 2.24) is 4.90 Å². The zero-order valence-corrected chi connectivity index (χ0v) is 17.4. The van der Waals surface area contributed by atoms with Gasteiger partial charge in [-0.2, -0.15) is 0 Å². The molecule has 2 aromatic carbocycles. The summed E-state index contributed by atoms with van der Waals surface area (Å²) in [6, 6.07) is 6.94. The fourth-order valence-electron chi connectivity index (χ4n) is 2.59. The van der Waals surface area contributed by atoms with Crippen molar-refractivity contribution in [1.29, 1.82) is 0 Å². The number of carbonyl (C=O) groups is 3. The van der Waals surface area contributed by atoms with Crippen LogP contribution in [0, 0.1) is 20.2 Å². The van der Waals surface area contributed by atoms with E-state index < -0.39 is 39.0 Å². The molecule has 0 N–H and O–H groups in total. The molecule has 1 saturated heterocycles. The van der Waals surface area contributed by atoms with E-state index in [1.54, 1.807) is 0 Å². The largest absolute Gasteiger partial charge is 0.293 e. The van der Waals surface area contributed by atoms with Gasteiger partial charge < -0.3 is 0 Å². The zero-order valence-electron chi connectivity index (χ0n) is 15.1. The van der Waals surface area contributed by atoms with Crippen LogP contribution >= 0.6 is 35.0 Å². The third-order valence-electron chi connectivity index (χ3n) is 4.12. The SMILES string of the molecule is O=C(CN1C(=O)S/C(=C\c2cc([N+](=O)[O-])c(Cl)cc2Cl)C1=O)c1ccc([N+](=O)[O-])cc1. The van der Waals surface area contributed by atoms with Crippen molar-refractivity contribution in [2.24, 2.45) is 0 Å². The maximum Gasteiger partial charge on any atom is 0.293 e. The lowest BCUT2D eigenvalue weighted by Crippen LogP contribution is -2.33. The summed E-state index contributed by atoms with van der Waals surface area (Å²) in [5, 5.41) is 20.9. The summed E-state index contributed by atoms with van der Waals surface area (Å²) in [4.78, 5) is 58.3. The highest BCUT2D eigenvalue weighted by atomic mass is 35.5. The quantitative estimate of drug-likeness (QED) is 0.249. The van der Waals surface area contributed by atoms with Gasteiger partial charge in [-0.25, -0.2) is 0 Å². The molecular formula is C18H9Cl2N3O7S. The van der Waals surface area contributed by atoms with Gasteiger partial charge in [-0.3, -0.25) is 39.5 Å². The summed E-state index contributed by atoms with van der Waals surface area (Å²) >= 11 is 12.3. The van der Waals surface area contributed by atoms with Crippen molar-refractivity contribution < 1.29 is 24.2 Å². The maximum atomic E-state index is 12.6. The van der Waals surface area contributed by atoms with Crippen molar-refractivity contribution >= 4 is 69.3 Å². The molecule has 13 heteroatoms. The van der Waals surface area contributed by atoms with Crippen LogP contribution in [0.4, 0.5) is 16.2 Å². The number of halogens is 2. The number of nitro groups is 2. The Morgan fingerprint density at radius 3 is 2.26 bits per heavy atom. The van der Waals surface area contributed by atoms with Crippen LogP contribution in [0.5, 0.6) is 0 Å². The molecule has 10 nitrogen and oxygen atoms in total. The Labute approximate surface area is 187 Å². The number of nitrogens with zero attached hydrogens (tertiary/aromatic N) is 3. The molecule has 0 bridgehead atoms. The molecule has 3 rings (SSSR count). The standard InChI is InChI=1S/C18H9Cl2N3O7S/c19-12-7-13(20)14(23(29)30)5-10(12)6-16-17(25)21(18(26)31-16)8-15(24)9-1-3-11(4-2-9)22(27)28/h1-7H,8H2/b16-6-. The Bertz CT molecular complexity index is 1180. The van der Waals surface area contributed by atoms with Gasteiger partial charge in [-0.05, 0) is 36.0 Å². The number of thioether (sulfide) groups is 1. The summed E-state index contributed by atoms with van der Waals surface area (Å²) in [5.41, 5.74) is -0.445. The lowest BCUT2D eigenvalue weighted by molar-refractivity contribution is -0.385. The number of hydrogen-bond acceptors (Lipinski definition) is 8. The first-order chi connectivity index (χ1) is 14.6. The van der Waals surface area contributed by atoms with E-state index in [1.807, 2.05) is 0 Å². The van der Waals surface area contributed by atoms with Gasteiger partial charge in [0, 0.05) is 34.3 Å². The van der Waals surface area contributed by atoms with Crippen LogP contribution in [-0.4, -0.2) is 38.2 Å². The summed E-state index contributed by atoms with van der Waals surface area (Å²) < 4.78 is 0. The average Bonchev–Trinajstić information content (AvgIpc) is 2.97. The molecule has 0 radical (unpaired) electrons. The minimum Gasteiger partial charge on any atom is -0.292 e. The molecule has 0 atom stereocenters. The second-order valence-corrected chi connectivity index (χ2v) is 7.88. The van der Waals surface area contributed by atoms with Crippen LogP contribution < -0.4 is 0 Å². The van der Waals surface area contributed by atoms with E-state index in [9.17, 15) is 34.6 Å².